The maximum atomic E-state index is 12.1. The third-order valence-electron chi connectivity index (χ3n) is 3.03. The maximum Gasteiger partial charge on any atom is 0.410 e. The Bertz CT molecular complexity index is 297. The summed E-state index contributed by atoms with van der Waals surface area (Å²) in [6, 6.07) is 0.0919. The summed E-state index contributed by atoms with van der Waals surface area (Å²) in [4.78, 5) is 13.9. The van der Waals surface area contributed by atoms with Crippen LogP contribution in [0.1, 0.15) is 33.6 Å². The van der Waals surface area contributed by atoms with E-state index in [2.05, 4.69) is 5.32 Å². The Morgan fingerprint density at radius 1 is 1.39 bits per heavy atom. The molecular weight excluding hydrogens is 232 g/mol. The Kier molecular flexibility index (Phi) is 4.12. The number of carbonyl (C=O) groups excluding carboxylic acids is 1. The van der Waals surface area contributed by atoms with E-state index in [9.17, 15) is 4.79 Å². The normalized spacial score (nSPS) is 25.1. The van der Waals surface area contributed by atoms with Gasteiger partial charge in [-0.2, -0.15) is 0 Å². The topological polar surface area (TPSA) is 50.8 Å². The lowest BCUT2D eigenvalue weighted by Gasteiger charge is -2.36. The van der Waals surface area contributed by atoms with Gasteiger partial charge in [0.2, 0.25) is 0 Å². The van der Waals surface area contributed by atoms with Crippen molar-refractivity contribution in [2.75, 3.05) is 26.2 Å². The number of amides is 1. The molecule has 1 saturated heterocycles. The lowest BCUT2D eigenvalue weighted by molar-refractivity contribution is -0.00668. The number of ether oxygens (including phenoxy) is 2. The molecule has 5 nitrogen and oxygen atoms in total. The standard InChI is InChI=1S/C13H24N2O3/c1-13(2,3)18-12(16)15-7-6-14-8-10(15)9-17-11-4-5-11/h10-11,14H,4-9H2,1-3H3. The highest BCUT2D eigenvalue weighted by Crippen LogP contribution is 2.24. The van der Waals surface area contributed by atoms with Crippen molar-refractivity contribution < 1.29 is 14.3 Å². The third kappa shape index (κ3) is 4.14. The summed E-state index contributed by atoms with van der Waals surface area (Å²) < 4.78 is 11.1. The second kappa shape index (κ2) is 5.45. The molecule has 104 valence electrons. The summed E-state index contributed by atoms with van der Waals surface area (Å²) in [5.41, 5.74) is -0.441. The molecule has 1 unspecified atom stereocenters. The van der Waals surface area contributed by atoms with E-state index in [1.165, 1.54) is 0 Å². The third-order valence-corrected chi connectivity index (χ3v) is 3.03. The number of hydrogen-bond acceptors (Lipinski definition) is 4. The van der Waals surface area contributed by atoms with Crippen molar-refractivity contribution in [2.24, 2.45) is 0 Å². The highest BCUT2D eigenvalue weighted by atomic mass is 16.6. The first-order valence-electron chi connectivity index (χ1n) is 6.77. The molecule has 2 rings (SSSR count). The van der Waals surface area contributed by atoms with E-state index in [1.54, 1.807) is 4.90 Å². The first-order valence-corrected chi connectivity index (χ1v) is 6.77. The summed E-state index contributed by atoms with van der Waals surface area (Å²) in [6.45, 7) is 8.57. The molecular formula is C13H24N2O3. The van der Waals surface area contributed by atoms with E-state index in [0.29, 0.717) is 19.3 Å². The number of piperazine rings is 1. The van der Waals surface area contributed by atoms with Crippen LogP contribution in [0.3, 0.4) is 0 Å². The van der Waals surface area contributed by atoms with Gasteiger partial charge >= 0.3 is 6.09 Å². The van der Waals surface area contributed by atoms with E-state index < -0.39 is 5.60 Å². The highest BCUT2D eigenvalue weighted by molar-refractivity contribution is 5.68. The van der Waals surface area contributed by atoms with Gasteiger partial charge in [0.05, 0.1) is 18.8 Å². The molecule has 0 aromatic rings. The number of hydrogen-bond donors (Lipinski definition) is 1. The zero-order chi connectivity index (χ0) is 13.2. The van der Waals surface area contributed by atoms with Crippen molar-refractivity contribution in [3.8, 4) is 0 Å². The molecule has 0 aromatic carbocycles. The van der Waals surface area contributed by atoms with Gasteiger partial charge in [-0.25, -0.2) is 4.79 Å². The average molecular weight is 256 g/mol. The summed E-state index contributed by atoms with van der Waals surface area (Å²) in [5, 5.41) is 3.30. The Hall–Kier alpha value is -0.810. The molecule has 1 saturated carbocycles. The molecule has 1 N–H and O–H groups in total. The summed E-state index contributed by atoms with van der Waals surface area (Å²) in [7, 11) is 0. The summed E-state index contributed by atoms with van der Waals surface area (Å²) >= 11 is 0. The van der Waals surface area contributed by atoms with Gasteiger partial charge in [0.25, 0.3) is 0 Å². The molecule has 2 fully saturated rings. The van der Waals surface area contributed by atoms with Crippen LogP contribution in [-0.2, 0) is 9.47 Å². The van der Waals surface area contributed by atoms with Crippen molar-refractivity contribution in [2.45, 2.75) is 51.4 Å². The fourth-order valence-corrected chi connectivity index (χ4v) is 1.95. The maximum absolute atomic E-state index is 12.1. The van der Waals surface area contributed by atoms with Crippen LogP contribution in [0, 0.1) is 0 Å². The largest absolute Gasteiger partial charge is 0.444 e. The Labute approximate surface area is 109 Å². The van der Waals surface area contributed by atoms with Crippen LogP contribution in [0.5, 0.6) is 0 Å². The predicted molar refractivity (Wildman–Crippen MR) is 68.6 cm³/mol. The minimum Gasteiger partial charge on any atom is -0.444 e. The predicted octanol–water partition coefficient (Wildman–Crippen LogP) is 1.37. The molecule has 0 radical (unpaired) electrons. The molecule has 1 atom stereocenters. The average Bonchev–Trinajstić information content (AvgIpc) is 3.08. The second-order valence-corrected chi connectivity index (χ2v) is 6.06. The molecule has 5 heteroatoms. The molecule has 2 aliphatic rings. The van der Waals surface area contributed by atoms with Crippen molar-refractivity contribution in [1.82, 2.24) is 10.2 Å². The highest BCUT2D eigenvalue weighted by Gasteiger charge is 2.32. The molecule has 18 heavy (non-hydrogen) atoms. The Morgan fingerprint density at radius 3 is 2.72 bits per heavy atom. The van der Waals surface area contributed by atoms with Gasteiger partial charge < -0.3 is 19.7 Å². The van der Waals surface area contributed by atoms with Gasteiger partial charge in [-0.3, -0.25) is 0 Å². The zero-order valence-corrected chi connectivity index (χ0v) is 11.6. The minimum absolute atomic E-state index is 0.0919. The molecule has 1 aliphatic carbocycles. The minimum atomic E-state index is -0.441. The van der Waals surface area contributed by atoms with Gasteiger partial charge in [-0.15, -0.1) is 0 Å². The van der Waals surface area contributed by atoms with Crippen LogP contribution in [0.15, 0.2) is 0 Å². The van der Waals surface area contributed by atoms with E-state index in [0.717, 1.165) is 25.9 Å². The van der Waals surface area contributed by atoms with Crippen LogP contribution >= 0.6 is 0 Å². The van der Waals surface area contributed by atoms with Crippen LogP contribution in [0.4, 0.5) is 4.79 Å². The van der Waals surface area contributed by atoms with Crippen molar-refractivity contribution in [3.63, 3.8) is 0 Å². The fraction of sp³-hybridized carbons (Fsp3) is 0.923. The van der Waals surface area contributed by atoms with Crippen LogP contribution in [0.25, 0.3) is 0 Å². The number of carbonyl (C=O) groups is 1. The molecule has 1 aliphatic heterocycles. The quantitative estimate of drug-likeness (QED) is 0.828. The molecule has 1 heterocycles. The summed E-state index contributed by atoms with van der Waals surface area (Å²) in [6.07, 6.45) is 2.51. The lowest BCUT2D eigenvalue weighted by Crippen LogP contribution is -2.56. The van der Waals surface area contributed by atoms with Gasteiger partial charge in [0.15, 0.2) is 0 Å². The van der Waals surface area contributed by atoms with E-state index in [1.807, 2.05) is 20.8 Å². The molecule has 0 spiro atoms. The summed E-state index contributed by atoms with van der Waals surface area (Å²) in [5.74, 6) is 0. The van der Waals surface area contributed by atoms with Crippen molar-refractivity contribution >= 4 is 6.09 Å². The smallest absolute Gasteiger partial charge is 0.410 e. The van der Waals surface area contributed by atoms with Crippen LogP contribution < -0.4 is 5.32 Å². The van der Waals surface area contributed by atoms with E-state index in [-0.39, 0.29) is 12.1 Å². The fourth-order valence-electron chi connectivity index (χ4n) is 1.95. The second-order valence-electron chi connectivity index (χ2n) is 6.06. The van der Waals surface area contributed by atoms with Gasteiger partial charge in [-0.05, 0) is 33.6 Å². The first-order chi connectivity index (χ1) is 8.46. The van der Waals surface area contributed by atoms with Crippen molar-refractivity contribution in [3.05, 3.63) is 0 Å². The zero-order valence-electron chi connectivity index (χ0n) is 11.6. The Balaban J connectivity index is 1.87. The number of nitrogens with zero attached hydrogens (tertiary/aromatic N) is 1. The SMILES string of the molecule is CC(C)(C)OC(=O)N1CCNCC1COC1CC1. The van der Waals surface area contributed by atoms with E-state index >= 15 is 0 Å². The van der Waals surface area contributed by atoms with Crippen LogP contribution in [-0.4, -0.2) is 55.0 Å². The number of rotatable bonds is 3. The molecule has 0 aromatic heterocycles. The van der Waals surface area contributed by atoms with Crippen LogP contribution in [0.2, 0.25) is 0 Å². The van der Waals surface area contributed by atoms with E-state index in [4.69, 9.17) is 9.47 Å². The van der Waals surface area contributed by atoms with Gasteiger partial charge in [0, 0.05) is 19.6 Å². The molecule has 0 bridgehead atoms. The van der Waals surface area contributed by atoms with Gasteiger partial charge in [-0.1, -0.05) is 0 Å². The molecule has 1 amide bonds. The van der Waals surface area contributed by atoms with Gasteiger partial charge in [0.1, 0.15) is 5.60 Å². The monoisotopic (exact) mass is 256 g/mol. The number of nitrogens with one attached hydrogen (secondary N) is 1. The lowest BCUT2D eigenvalue weighted by atomic mass is 10.2. The first kappa shape index (κ1) is 13.6. The Morgan fingerprint density at radius 2 is 2.11 bits per heavy atom. The van der Waals surface area contributed by atoms with Crippen molar-refractivity contribution in [1.29, 1.82) is 0 Å².